The third-order valence-electron chi connectivity index (χ3n) is 2.57. The molecule has 5 nitrogen and oxygen atoms in total. The average Bonchev–Trinajstić information content (AvgIpc) is 2.40. The number of benzene rings is 1. The van der Waals surface area contributed by atoms with Crippen LogP contribution in [0.2, 0.25) is 0 Å². The molecule has 104 valence electrons. The van der Waals surface area contributed by atoms with Crippen molar-refractivity contribution in [1.29, 1.82) is 0 Å². The zero-order chi connectivity index (χ0) is 14.3. The Morgan fingerprint density at radius 2 is 1.79 bits per heavy atom. The van der Waals surface area contributed by atoms with Crippen molar-refractivity contribution in [1.82, 2.24) is 5.32 Å². The Hall–Kier alpha value is -1.88. The number of carbonyl (C=O) groups excluding carboxylic acids is 2. The molecule has 0 aliphatic carbocycles. The zero-order valence-electron chi connectivity index (χ0n) is 11.5. The van der Waals surface area contributed by atoms with Crippen LogP contribution in [0.3, 0.4) is 0 Å². The third-order valence-corrected chi connectivity index (χ3v) is 2.57. The van der Waals surface area contributed by atoms with Crippen LogP contribution in [-0.4, -0.2) is 30.6 Å². The lowest BCUT2D eigenvalue weighted by Crippen LogP contribution is -2.46. The van der Waals surface area contributed by atoms with Crippen molar-refractivity contribution in [3.8, 4) is 0 Å². The summed E-state index contributed by atoms with van der Waals surface area (Å²) in [5, 5.41) is 5.66. The van der Waals surface area contributed by atoms with Crippen molar-refractivity contribution < 1.29 is 14.3 Å². The number of amides is 1. The molecule has 0 aliphatic heterocycles. The third kappa shape index (κ3) is 5.09. The Bertz CT molecular complexity index is 420. The van der Waals surface area contributed by atoms with E-state index in [1.165, 1.54) is 0 Å². The molecule has 0 saturated carbocycles. The van der Waals surface area contributed by atoms with Gasteiger partial charge in [-0.3, -0.25) is 14.9 Å². The van der Waals surface area contributed by atoms with Gasteiger partial charge in [0.1, 0.15) is 6.04 Å². The van der Waals surface area contributed by atoms with E-state index < -0.39 is 12.1 Å². The molecule has 2 unspecified atom stereocenters. The second-order valence-corrected chi connectivity index (χ2v) is 4.22. The summed E-state index contributed by atoms with van der Waals surface area (Å²) >= 11 is 0. The van der Waals surface area contributed by atoms with Gasteiger partial charge in [0.25, 0.3) is 0 Å². The molecule has 2 N–H and O–H groups in total. The summed E-state index contributed by atoms with van der Waals surface area (Å²) in [4.78, 5) is 23.3. The molecule has 0 radical (unpaired) electrons. The highest BCUT2D eigenvalue weighted by molar-refractivity contribution is 5.94. The minimum absolute atomic E-state index is 0.192. The van der Waals surface area contributed by atoms with Crippen LogP contribution >= 0.6 is 0 Å². The standard InChI is InChI=1S/C14H20N2O3/c1-4-19-14(18)11(3)15-10(2)13(17)16-12-8-6-5-7-9-12/h5-11,15H,4H2,1-3H3,(H,16,17). The number of ether oxygens (including phenoxy) is 1. The largest absolute Gasteiger partial charge is 0.465 e. The second kappa shape index (κ2) is 7.53. The predicted octanol–water partition coefficient (Wildman–Crippen LogP) is 1.55. The Morgan fingerprint density at radius 1 is 1.16 bits per heavy atom. The molecule has 0 saturated heterocycles. The summed E-state index contributed by atoms with van der Waals surface area (Å²) in [7, 11) is 0. The fourth-order valence-corrected chi connectivity index (χ4v) is 1.56. The first-order chi connectivity index (χ1) is 9.04. The highest BCUT2D eigenvalue weighted by Gasteiger charge is 2.20. The van der Waals surface area contributed by atoms with E-state index >= 15 is 0 Å². The van der Waals surface area contributed by atoms with Gasteiger partial charge in [-0.05, 0) is 32.9 Å². The van der Waals surface area contributed by atoms with E-state index in [4.69, 9.17) is 4.74 Å². The summed E-state index contributed by atoms with van der Waals surface area (Å²) in [6.07, 6.45) is 0. The molecular weight excluding hydrogens is 244 g/mol. The number of hydrogen-bond donors (Lipinski definition) is 2. The van der Waals surface area contributed by atoms with Crippen LogP contribution in [0.1, 0.15) is 20.8 Å². The van der Waals surface area contributed by atoms with Crippen molar-refractivity contribution in [3.63, 3.8) is 0 Å². The van der Waals surface area contributed by atoms with Gasteiger partial charge in [0.2, 0.25) is 5.91 Å². The molecule has 5 heteroatoms. The number of anilines is 1. The van der Waals surface area contributed by atoms with E-state index in [-0.39, 0.29) is 11.9 Å². The SMILES string of the molecule is CCOC(=O)C(C)NC(C)C(=O)Nc1ccccc1. The number of rotatable bonds is 6. The number of carbonyl (C=O) groups is 2. The van der Waals surface area contributed by atoms with E-state index in [0.717, 1.165) is 5.69 Å². The topological polar surface area (TPSA) is 67.4 Å². The van der Waals surface area contributed by atoms with Crippen LogP contribution in [0, 0.1) is 0 Å². The number of hydrogen-bond acceptors (Lipinski definition) is 4. The summed E-state index contributed by atoms with van der Waals surface area (Å²) in [6.45, 7) is 5.45. The lowest BCUT2D eigenvalue weighted by Gasteiger charge is -2.18. The molecule has 0 spiro atoms. The van der Waals surface area contributed by atoms with Crippen LogP contribution in [0.4, 0.5) is 5.69 Å². The molecule has 0 fully saturated rings. The van der Waals surface area contributed by atoms with E-state index in [9.17, 15) is 9.59 Å². The average molecular weight is 264 g/mol. The number of esters is 1. The Kier molecular flexibility index (Phi) is 6.02. The normalized spacial score (nSPS) is 13.4. The Balaban J connectivity index is 2.47. The summed E-state index contributed by atoms with van der Waals surface area (Å²) < 4.78 is 4.87. The lowest BCUT2D eigenvalue weighted by molar-refractivity contribution is -0.145. The predicted molar refractivity (Wildman–Crippen MR) is 73.8 cm³/mol. The Labute approximate surface area is 113 Å². The number of para-hydroxylation sites is 1. The van der Waals surface area contributed by atoms with Gasteiger partial charge in [0.15, 0.2) is 0 Å². The maximum Gasteiger partial charge on any atom is 0.322 e. The van der Waals surface area contributed by atoms with Crippen molar-refractivity contribution >= 4 is 17.6 Å². The van der Waals surface area contributed by atoms with E-state index in [0.29, 0.717) is 6.61 Å². The molecule has 0 heterocycles. The highest BCUT2D eigenvalue weighted by Crippen LogP contribution is 2.05. The maximum atomic E-state index is 11.9. The van der Waals surface area contributed by atoms with Crippen molar-refractivity contribution in [2.24, 2.45) is 0 Å². The first kappa shape index (κ1) is 15.2. The van der Waals surface area contributed by atoms with Gasteiger partial charge < -0.3 is 10.1 Å². The van der Waals surface area contributed by atoms with Gasteiger partial charge in [0.05, 0.1) is 12.6 Å². The van der Waals surface area contributed by atoms with E-state index in [1.807, 2.05) is 18.2 Å². The van der Waals surface area contributed by atoms with Crippen molar-refractivity contribution in [2.45, 2.75) is 32.9 Å². The molecule has 2 atom stereocenters. The Morgan fingerprint density at radius 3 is 2.37 bits per heavy atom. The van der Waals surface area contributed by atoms with Crippen LogP contribution in [0.5, 0.6) is 0 Å². The van der Waals surface area contributed by atoms with Crippen LogP contribution in [-0.2, 0) is 14.3 Å². The van der Waals surface area contributed by atoms with Gasteiger partial charge in [0, 0.05) is 5.69 Å². The first-order valence-corrected chi connectivity index (χ1v) is 6.33. The lowest BCUT2D eigenvalue weighted by atomic mass is 10.2. The number of nitrogens with one attached hydrogen (secondary N) is 2. The fraction of sp³-hybridized carbons (Fsp3) is 0.429. The molecule has 1 amide bonds. The van der Waals surface area contributed by atoms with Crippen LogP contribution < -0.4 is 10.6 Å². The molecule has 19 heavy (non-hydrogen) atoms. The van der Waals surface area contributed by atoms with Gasteiger partial charge in [-0.2, -0.15) is 0 Å². The van der Waals surface area contributed by atoms with Crippen molar-refractivity contribution in [3.05, 3.63) is 30.3 Å². The molecule has 0 aromatic heterocycles. The van der Waals surface area contributed by atoms with Gasteiger partial charge in [-0.1, -0.05) is 18.2 Å². The smallest absolute Gasteiger partial charge is 0.322 e. The van der Waals surface area contributed by atoms with E-state index in [2.05, 4.69) is 10.6 Å². The minimum Gasteiger partial charge on any atom is -0.465 e. The molecule has 0 bridgehead atoms. The monoisotopic (exact) mass is 264 g/mol. The summed E-state index contributed by atoms with van der Waals surface area (Å²) in [6, 6.07) is 8.17. The van der Waals surface area contributed by atoms with Gasteiger partial charge in [-0.15, -0.1) is 0 Å². The van der Waals surface area contributed by atoms with Gasteiger partial charge in [-0.25, -0.2) is 0 Å². The van der Waals surface area contributed by atoms with Crippen LogP contribution in [0.25, 0.3) is 0 Å². The maximum absolute atomic E-state index is 11.9. The summed E-state index contributed by atoms with van der Waals surface area (Å²) in [5.41, 5.74) is 0.727. The minimum atomic E-state index is -0.517. The van der Waals surface area contributed by atoms with E-state index in [1.54, 1.807) is 32.9 Å². The quantitative estimate of drug-likeness (QED) is 0.765. The molecular formula is C14H20N2O3. The molecule has 1 aromatic carbocycles. The molecule has 1 aromatic rings. The van der Waals surface area contributed by atoms with Crippen LogP contribution in [0.15, 0.2) is 30.3 Å². The molecule has 0 aliphatic rings. The highest BCUT2D eigenvalue weighted by atomic mass is 16.5. The van der Waals surface area contributed by atoms with Crippen molar-refractivity contribution in [2.75, 3.05) is 11.9 Å². The zero-order valence-corrected chi connectivity index (χ0v) is 11.5. The molecule has 1 rings (SSSR count). The fourth-order valence-electron chi connectivity index (χ4n) is 1.56. The second-order valence-electron chi connectivity index (χ2n) is 4.22. The van der Waals surface area contributed by atoms with Gasteiger partial charge >= 0.3 is 5.97 Å². The summed E-state index contributed by atoms with van der Waals surface area (Å²) in [5.74, 6) is -0.552. The first-order valence-electron chi connectivity index (χ1n) is 6.33.